The smallest absolute Gasteiger partial charge is 0.243 e. The second-order valence-electron chi connectivity index (χ2n) is 5.76. The summed E-state index contributed by atoms with van der Waals surface area (Å²) in [7, 11) is 1.62. The van der Waals surface area contributed by atoms with Gasteiger partial charge in [-0.15, -0.1) is 0 Å². The first-order valence-corrected chi connectivity index (χ1v) is 7.84. The number of aliphatic hydroxyl groups is 1. The predicted octanol–water partition coefficient (Wildman–Crippen LogP) is 0.947. The Morgan fingerprint density at radius 2 is 1.91 bits per heavy atom. The van der Waals surface area contributed by atoms with E-state index in [4.69, 9.17) is 15.2 Å². The van der Waals surface area contributed by atoms with Gasteiger partial charge in [-0.2, -0.15) is 0 Å². The zero-order valence-electron chi connectivity index (χ0n) is 14.1. The molecule has 0 aliphatic carbocycles. The number of hydrogen-bond donors (Lipinski definition) is 2. The van der Waals surface area contributed by atoms with Gasteiger partial charge in [0.15, 0.2) is 0 Å². The van der Waals surface area contributed by atoms with Crippen LogP contribution in [0.2, 0.25) is 0 Å². The summed E-state index contributed by atoms with van der Waals surface area (Å²) in [6.07, 6.45) is -0.599. The number of carbonyl (C=O) groups is 1. The van der Waals surface area contributed by atoms with Crippen LogP contribution < -0.4 is 5.73 Å². The minimum Gasteiger partial charge on any atom is -0.389 e. The Morgan fingerprint density at radius 1 is 1.26 bits per heavy atom. The van der Waals surface area contributed by atoms with Gasteiger partial charge < -0.3 is 25.2 Å². The molecular formula is C17H28N2O4. The van der Waals surface area contributed by atoms with Gasteiger partial charge in [0, 0.05) is 13.6 Å². The molecule has 0 saturated heterocycles. The van der Waals surface area contributed by atoms with Gasteiger partial charge in [0.25, 0.3) is 0 Å². The number of nitrogens with zero attached hydrogens (tertiary/aromatic N) is 1. The third kappa shape index (κ3) is 7.56. The van der Waals surface area contributed by atoms with Crippen molar-refractivity contribution in [3.8, 4) is 0 Å². The molecule has 0 aliphatic rings. The number of rotatable bonds is 10. The standard InChI is InChI=1S/C17H28N2O4/c1-13(2)23-10-9-22-12-15(20)11-19(3)17(21)16(18)14-7-5-4-6-8-14/h4-8,13,15-16,20H,9-12,18H2,1-3H3. The van der Waals surface area contributed by atoms with Crippen molar-refractivity contribution in [2.45, 2.75) is 32.1 Å². The van der Waals surface area contributed by atoms with Crippen LogP contribution >= 0.6 is 0 Å². The third-order valence-electron chi connectivity index (χ3n) is 3.27. The maximum absolute atomic E-state index is 12.3. The van der Waals surface area contributed by atoms with Crippen molar-refractivity contribution in [3.63, 3.8) is 0 Å². The van der Waals surface area contributed by atoms with Crippen LogP contribution in [0.15, 0.2) is 30.3 Å². The lowest BCUT2D eigenvalue weighted by Gasteiger charge is -2.24. The quantitative estimate of drug-likeness (QED) is 0.626. The number of amides is 1. The van der Waals surface area contributed by atoms with E-state index >= 15 is 0 Å². The first-order chi connectivity index (χ1) is 10.9. The lowest BCUT2D eigenvalue weighted by Crippen LogP contribution is -2.41. The number of aliphatic hydroxyl groups excluding tert-OH is 1. The van der Waals surface area contributed by atoms with Crippen molar-refractivity contribution in [1.29, 1.82) is 0 Å². The monoisotopic (exact) mass is 324 g/mol. The highest BCUT2D eigenvalue weighted by molar-refractivity contribution is 5.82. The Labute approximate surface area is 138 Å². The Bertz CT molecular complexity index is 453. The van der Waals surface area contributed by atoms with Crippen molar-refractivity contribution >= 4 is 5.91 Å². The maximum atomic E-state index is 12.3. The molecule has 2 atom stereocenters. The molecule has 0 radical (unpaired) electrons. The first-order valence-electron chi connectivity index (χ1n) is 7.84. The molecule has 0 heterocycles. The highest BCUT2D eigenvalue weighted by Gasteiger charge is 2.21. The van der Waals surface area contributed by atoms with Gasteiger partial charge in [0.1, 0.15) is 6.04 Å². The largest absolute Gasteiger partial charge is 0.389 e. The molecule has 6 heteroatoms. The van der Waals surface area contributed by atoms with Crippen molar-refractivity contribution in [2.24, 2.45) is 5.73 Å². The molecule has 3 N–H and O–H groups in total. The summed E-state index contributed by atoms with van der Waals surface area (Å²) in [6.45, 7) is 5.12. The zero-order chi connectivity index (χ0) is 17.2. The van der Waals surface area contributed by atoms with Crippen LogP contribution in [0.1, 0.15) is 25.5 Å². The molecular weight excluding hydrogens is 296 g/mol. The number of benzene rings is 1. The SMILES string of the molecule is CC(C)OCCOCC(O)CN(C)C(=O)C(N)c1ccccc1. The molecule has 1 rings (SSSR count). The van der Waals surface area contributed by atoms with Gasteiger partial charge >= 0.3 is 0 Å². The number of hydrogen-bond acceptors (Lipinski definition) is 5. The maximum Gasteiger partial charge on any atom is 0.243 e. The molecule has 2 unspecified atom stereocenters. The van der Waals surface area contributed by atoms with Crippen LogP contribution in [0.3, 0.4) is 0 Å². The molecule has 1 aromatic carbocycles. The molecule has 0 aromatic heterocycles. The van der Waals surface area contributed by atoms with Gasteiger partial charge in [-0.25, -0.2) is 0 Å². The Kier molecular flexibility index (Phi) is 8.79. The number of nitrogens with two attached hydrogens (primary N) is 1. The van der Waals surface area contributed by atoms with Crippen LogP contribution in [0.5, 0.6) is 0 Å². The second kappa shape index (κ2) is 10.3. The number of ether oxygens (including phenoxy) is 2. The van der Waals surface area contributed by atoms with Gasteiger partial charge in [0.05, 0.1) is 32.0 Å². The zero-order valence-corrected chi connectivity index (χ0v) is 14.1. The Hall–Kier alpha value is -1.47. The average Bonchev–Trinajstić information content (AvgIpc) is 2.53. The highest BCUT2D eigenvalue weighted by Crippen LogP contribution is 2.12. The molecule has 130 valence electrons. The van der Waals surface area contributed by atoms with Crippen LogP contribution in [0.25, 0.3) is 0 Å². The fourth-order valence-corrected chi connectivity index (χ4v) is 2.06. The minimum atomic E-state index is -0.758. The van der Waals surface area contributed by atoms with Crippen LogP contribution in [0, 0.1) is 0 Å². The molecule has 0 bridgehead atoms. The van der Waals surface area contributed by atoms with Crippen molar-refractivity contribution in [1.82, 2.24) is 4.90 Å². The molecule has 0 aliphatic heterocycles. The van der Waals surface area contributed by atoms with Gasteiger partial charge in [-0.1, -0.05) is 30.3 Å². The minimum absolute atomic E-state index is 0.152. The van der Waals surface area contributed by atoms with Crippen LogP contribution in [-0.4, -0.2) is 61.5 Å². The lowest BCUT2D eigenvalue weighted by molar-refractivity contribution is -0.133. The normalized spacial score (nSPS) is 13.8. The average molecular weight is 324 g/mol. The van der Waals surface area contributed by atoms with Crippen LogP contribution in [0.4, 0.5) is 0 Å². The van der Waals surface area contributed by atoms with E-state index in [1.54, 1.807) is 7.05 Å². The molecule has 1 amide bonds. The van der Waals surface area contributed by atoms with E-state index in [-0.39, 0.29) is 25.2 Å². The van der Waals surface area contributed by atoms with Crippen LogP contribution in [-0.2, 0) is 14.3 Å². The molecule has 1 aromatic rings. The van der Waals surface area contributed by atoms with E-state index in [0.29, 0.717) is 13.2 Å². The van der Waals surface area contributed by atoms with E-state index in [0.717, 1.165) is 5.56 Å². The first kappa shape index (κ1) is 19.6. The van der Waals surface area contributed by atoms with E-state index < -0.39 is 12.1 Å². The fourth-order valence-electron chi connectivity index (χ4n) is 2.06. The van der Waals surface area contributed by atoms with E-state index in [2.05, 4.69) is 0 Å². The van der Waals surface area contributed by atoms with E-state index in [1.165, 1.54) is 4.90 Å². The summed E-state index contributed by atoms with van der Waals surface area (Å²) >= 11 is 0. The topological polar surface area (TPSA) is 85.0 Å². The molecule has 0 fully saturated rings. The summed E-state index contributed by atoms with van der Waals surface area (Å²) in [5.74, 6) is -0.238. The fraction of sp³-hybridized carbons (Fsp3) is 0.588. The second-order valence-corrected chi connectivity index (χ2v) is 5.76. The summed E-state index contributed by atoms with van der Waals surface area (Å²) in [6, 6.07) is 8.44. The Balaban J connectivity index is 2.31. The summed E-state index contributed by atoms with van der Waals surface area (Å²) < 4.78 is 10.7. The summed E-state index contributed by atoms with van der Waals surface area (Å²) in [4.78, 5) is 13.7. The van der Waals surface area contributed by atoms with Gasteiger partial charge in [0.2, 0.25) is 5.91 Å². The summed E-state index contributed by atoms with van der Waals surface area (Å²) in [5, 5.41) is 9.93. The molecule has 0 spiro atoms. The van der Waals surface area contributed by atoms with Crippen molar-refractivity contribution < 1.29 is 19.4 Å². The van der Waals surface area contributed by atoms with Crippen molar-refractivity contribution in [2.75, 3.05) is 33.4 Å². The van der Waals surface area contributed by atoms with Crippen molar-refractivity contribution in [3.05, 3.63) is 35.9 Å². The Morgan fingerprint density at radius 3 is 2.52 bits per heavy atom. The third-order valence-corrected chi connectivity index (χ3v) is 3.27. The predicted molar refractivity (Wildman–Crippen MR) is 88.9 cm³/mol. The molecule has 23 heavy (non-hydrogen) atoms. The van der Waals surface area contributed by atoms with Gasteiger partial charge in [-0.05, 0) is 19.4 Å². The van der Waals surface area contributed by atoms with E-state index in [1.807, 2.05) is 44.2 Å². The molecule has 0 saturated carbocycles. The number of carbonyl (C=O) groups excluding carboxylic acids is 1. The highest BCUT2D eigenvalue weighted by atomic mass is 16.5. The van der Waals surface area contributed by atoms with Gasteiger partial charge in [-0.3, -0.25) is 4.79 Å². The lowest BCUT2D eigenvalue weighted by atomic mass is 10.1. The molecule has 6 nitrogen and oxygen atoms in total. The summed E-state index contributed by atoms with van der Waals surface area (Å²) in [5.41, 5.74) is 6.71. The van der Waals surface area contributed by atoms with E-state index in [9.17, 15) is 9.90 Å². The number of likely N-dealkylation sites (N-methyl/N-ethyl adjacent to an activating group) is 1.